The van der Waals surface area contributed by atoms with Crippen LogP contribution in [0.4, 0.5) is 0 Å². The molecule has 0 bridgehead atoms. The number of ether oxygens (including phenoxy) is 1. The lowest BCUT2D eigenvalue weighted by atomic mass is 9.89. The van der Waals surface area contributed by atoms with Gasteiger partial charge in [-0.05, 0) is 33.6 Å². The van der Waals surface area contributed by atoms with Gasteiger partial charge in [0.2, 0.25) is 0 Å². The molecule has 1 saturated heterocycles. The van der Waals surface area contributed by atoms with Crippen LogP contribution in [-0.4, -0.2) is 12.7 Å². The van der Waals surface area contributed by atoms with Crippen molar-refractivity contribution in [2.24, 2.45) is 5.92 Å². The molecular weight excluding hydrogens is 136 g/mol. The number of hydrogen-bond acceptors (Lipinski definition) is 1. The standard InChI is InChI=1S/C10H18O/c1-4-8(2)10-6-5-7-11-9(10)3/h4,9-10H,5-7H2,1-3H3. The average molecular weight is 154 g/mol. The van der Waals surface area contributed by atoms with E-state index in [1.54, 1.807) is 0 Å². The maximum Gasteiger partial charge on any atom is 0.0612 e. The summed E-state index contributed by atoms with van der Waals surface area (Å²) in [5, 5.41) is 0. The van der Waals surface area contributed by atoms with Gasteiger partial charge in [0, 0.05) is 12.5 Å². The van der Waals surface area contributed by atoms with Crippen LogP contribution in [0.1, 0.15) is 33.6 Å². The van der Waals surface area contributed by atoms with Crippen molar-refractivity contribution in [2.75, 3.05) is 6.61 Å². The van der Waals surface area contributed by atoms with Crippen LogP contribution in [-0.2, 0) is 4.74 Å². The lowest BCUT2D eigenvalue weighted by Gasteiger charge is -2.29. The van der Waals surface area contributed by atoms with Crippen molar-refractivity contribution in [2.45, 2.75) is 39.7 Å². The lowest BCUT2D eigenvalue weighted by molar-refractivity contribution is -0.00212. The first kappa shape index (κ1) is 8.79. The Morgan fingerprint density at radius 3 is 2.82 bits per heavy atom. The number of rotatable bonds is 1. The van der Waals surface area contributed by atoms with Crippen molar-refractivity contribution in [3.63, 3.8) is 0 Å². The molecule has 0 spiro atoms. The molecule has 0 aromatic rings. The van der Waals surface area contributed by atoms with Gasteiger partial charge in [-0.3, -0.25) is 0 Å². The van der Waals surface area contributed by atoms with E-state index in [9.17, 15) is 0 Å². The molecule has 0 radical (unpaired) electrons. The fourth-order valence-corrected chi connectivity index (χ4v) is 1.74. The van der Waals surface area contributed by atoms with Crippen LogP contribution in [0, 0.1) is 5.92 Å². The second kappa shape index (κ2) is 3.91. The van der Waals surface area contributed by atoms with E-state index in [2.05, 4.69) is 26.8 Å². The molecule has 1 heteroatoms. The predicted octanol–water partition coefficient (Wildman–Crippen LogP) is 2.77. The van der Waals surface area contributed by atoms with E-state index in [-0.39, 0.29) is 0 Å². The summed E-state index contributed by atoms with van der Waals surface area (Å²) < 4.78 is 5.57. The average Bonchev–Trinajstić information content (AvgIpc) is 2.04. The van der Waals surface area contributed by atoms with Gasteiger partial charge in [0.1, 0.15) is 0 Å². The van der Waals surface area contributed by atoms with E-state index >= 15 is 0 Å². The van der Waals surface area contributed by atoms with Gasteiger partial charge in [0.05, 0.1) is 6.10 Å². The molecule has 0 aromatic heterocycles. The summed E-state index contributed by atoms with van der Waals surface area (Å²) in [4.78, 5) is 0. The van der Waals surface area contributed by atoms with Crippen molar-refractivity contribution >= 4 is 0 Å². The van der Waals surface area contributed by atoms with Gasteiger partial charge in [-0.25, -0.2) is 0 Å². The Labute approximate surface area is 69.4 Å². The molecule has 0 aliphatic carbocycles. The third-order valence-corrected chi connectivity index (χ3v) is 2.65. The van der Waals surface area contributed by atoms with Crippen LogP contribution in [0.25, 0.3) is 0 Å². The normalized spacial score (nSPS) is 33.9. The van der Waals surface area contributed by atoms with Crippen molar-refractivity contribution in [1.82, 2.24) is 0 Å². The van der Waals surface area contributed by atoms with Crippen molar-refractivity contribution in [1.29, 1.82) is 0 Å². The van der Waals surface area contributed by atoms with Gasteiger partial charge < -0.3 is 4.74 Å². The fourth-order valence-electron chi connectivity index (χ4n) is 1.74. The van der Waals surface area contributed by atoms with Gasteiger partial charge in [-0.2, -0.15) is 0 Å². The van der Waals surface area contributed by atoms with Crippen LogP contribution in [0.5, 0.6) is 0 Å². The van der Waals surface area contributed by atoms with Crippen LogP contribution >= 0.6 is 0 Å². The first-order chi connectivity index (χ1) is 5.25. The smallest absolute Gasteiger partial charge is 0.0612 e. The molecule has 1 fully saturated rings. The highest BCUT2D eigenvalue weighted by atomic mass is 16.5. The molecule has 0 saturated carbocycles. The SMILES string of the molecule is CC=C(C)C1CCCOC1C. The number of allylic oxidation sites excluding steroid dienone is 1. The summed E-state index contributed by atoms with van der Waals surface area (Å²) in [6.45, 7) is 7.44. The number of hydrogen-bond donors (Lipinski definition) is 0. The summed E-state index contributed by atoms with van der Waals surface area (Å²) in [6, 6.07) is 0. The zero-order chi connectivity index (χ0) is 8.27. The third kappa shape index (κ3) is 2.06. The van der Waals surface area contributed by atoms with E-state index in [4.69, 9.17) is 4.74 Å². The fraction of sp³-hybridized carbons (Fsp3) is 0.800. The second-order valence-corrected chi connectivity index (χ2v) is 3.36. The van der Waals surface area contributed by atoms with Crippen molar-refractivity contribution in [3.8, 4) is 0 Å². The summed E-state index contributed by atoms with van der Waals surface area (Å²) in [5.41, 5.74) is 1.48. The maximum absolute atomic E-state index is 5.57. The van der Waals surface area contributed by atoms with Gasteiger partial charge in [-0.1, -0.05) is 11.6 Å². The monoisotopic (exact) mass is 154 g/mol. The Morgan fingerprint density at radius 1 is 1.55 bits per heavy atom. The van der Waals surface area contributed by atoms with E-state index in [0.717, 1.165) is 6.61 Å². The Bertz CT molecular complexity index is 149. The largest absolute Gasteiger partial charge is 0.378 e. The Hall–Kier alpha value is -0.300. The van der Waals surface area contributed by atoms with Crippen LogP contribution < -0.4 is 0 Å². The highest BCUT2D eigenvalue weighted by molar-refractivity contribution is 5.04. The molecule has 0 amide bonds. The highest BCUT2D eigenvalue weighted by Crippen LogP contribution is 2.26. The molecular formula is C10H18O. The van der Waals surface area contributed by atoms with E-state index in [1.165, 1.54) is 18.4 Å². The van der Waals surface area contributed by atoms with E-state index < -0.39 is 0 Å². The quantitative estimate of drug-likeness (QED) is 0.528. The van der Waals surface area contributed by atoms with Crippen LogP contribution in [0.15, 0.2) is 11.6 Å². The molecule has 1 rings (SSSR count). The van der Waals surface area contributed by atoms with Gasteiger partial charge in [-0.15, -0.1) is 0 Å². The minimum absolute atomic E-state index is 0.431. The molecule has 2 unspecified atom stereocenters. The zero-order valence-corrected chi connectivity index (χ0v) is 7.76. The molecule has 64 valence electrons. The first-order valence-corrected chi connectivity index (χ1v) is 4.50. The molecule has 0 aromatic carbocycles. The van der Waals surface area contributed by atoms with Crippen LogP contribution in [0.2, 0.25) is 0 Å². The maximum atomic E-state index is 5.57. The van der Waals surface area contributed by atoms with E-state index in [0.29, 0.717) is 12.0 Å². The van der Waals surface area contributed by atoms with Crippen molar-refractivity contribution < 1.29 is 4.74 Å². The zero-order valence-electron chi connectivity index (χ0n) is 7.76. The summed E-state index contributed by atoms with van der Waals surface area (Å²) in [6.07, 6.45) is 5.16. The molecule has 1 aliphatic rings. The molecule has 2 atom stereocenters. The van der Waals surface area contributed by atoms with Gasteiger partial charge in [0.25, 0.3) is 0 Å². The highest BCUT2D eigenvalue weighted by Gasteiger charge is 2.22. The molecule has 1 nitrogen and oxygen atoms in total. The topological polar surface area (TPSA) is 9.23 Å². The van der Waals surface area contributed by atoms with Crippen LogP contribution in [0.3, 0.4) is 0 Å². The summed E-state index contributed by atoms with van der Waals surface area (Å²) >= 11 is 0. The lowest BCUT2D eigenvalue weighted by Crippen LogP contribution is -2.27. The molecule has 1 aliphatic heterocycles. The second-order valence-electron chi connectivity index (χ2n) is 3.36. The molecule has 11 heavy (non-hydrogen) atoms. The first-order valence-electron chi connectivity index (χ1n) is 4.50. The van der Waals surface area contributed by atoms with Gasteiger partial charge in [0.15, 0.2) is 0 Å². The molecule has 0 N–H and O–H groups in total. The van der Waals surface area contributed by atoms with Crippen molar-refractivity contribution in [3.05, 3.63) is 11.6 Å². The summed E-state index contributed by atoms with van der Waals surface area (Å²) in [5.74, 6) is 0.675. The minimum Gasteiger partial charge on any atom is -0.378 e. The Balaban J connectivity index is 2.54. The minimum atomic E-state index is 0.431. The summed E-state index contributed by atoms with van der Waals surface area (Å²) in [7, 11) is 0. The van der Waals surface area contributed by atoms with Gasteiger partial charge >= 0.3 is 0 Å². The third-order valence-electron chi connectivity index (χ3n) is 2.65. The van der Waals surface area contributed by atoms with E-state index in [1.807, 2.05) is 0 Å². The molecule has 1 heterocycles. The predicted molar refractivity (Wildman–Crippen MR) is 47.6 cm³/mol. The Kier molecular flexibility index (Phi) is 3.13. The Morgan fingerprint density at radius 2 is 2.27 bits per heavy atom.